The molecule has 4 saturated carbocycles. The Morgan fingerprint density at radius 1 is 0.971 bits per heavy atom. The van der Waals surface area contributed by atoms with Gasteiger partial charge in [0, 0.05) is 43.9 Å². The third-order valence-corrected chi connectivity index (χ3v) is 8.54. The van der Waals surface area contributed by atoms with Crippen LogP contribution < -0.4 is 4.74 Å². The van der Waals surface area contributed by atoms with Crippen LogP contribution in [0.15, 0.2) is 40.8 Å². The predicted octanol–water partition coefficient (Wildman–Crippen LogP) is 4.49. The Labute approximate surface area is 199 Å². The third-order valence-electron chi connectivity index (χ3n) is 8.54. The maximum atomic E-state index is 13.1. The lowest BCUT2D eigenvalue weighted by Crippen LogP contribution is -2.64. The van der Waals surface area contributed by atoms with E-state index in [0.717, 1.165) is 43.9 Å². The molecule has 0 atom stereocenters. The van der Waals surface area contributed by atoms with Gasteiger partial charge in [-0.2, -0.15) is 0 Å². The number of non-ortho nitro benzene ring substituents is 1. The Bertz CT molecular complexity index is 1040. The van der Waals surface area contributed by atoms with Crippen LogP contribution in [0.4, 0.5) is 5.69 Å². The SMILES string of the molecule is O=C(c1ccc(COc2ccc([N+](=O)[O-])cc2)o1)N1CCN(C23CC4CC(CC(C4)C2)C3)CC1. The standard InChI is InChI=1S/C26H31N3O5/c30-25(24-6-5-23(34-24)17-33-22-3-1-21(2-4-22)29(31)32)27-7-9-28(10-8-27)26-14-18-11-19(15-26)13-20(12-18)16-26/h1-6,18-20H,7-17H2. The minimum atomic E-state index is -0.447. The fraction of sp³-hybridized carbons (Fsp3) is 0.577. The van der Waals surface area contributed by atoms with Crippen molar-refractivity contribution in [1.82, 2.24) is 9.80 Å². The van der Waals surface area contributed by atoms with Crippen molar-refractivity contribution < 1.29 is 18.9 Å². The van der Waals surface area contributed by atoms with E-state index in [-0.39, 0.29) is 18.2 Å². The minimum absolute atomic E-state index is 0.0153. The molecule has 1 amide bonds. The number of furan rings is 1. The molecule has 8 nitrogen and oxygen atoms in total. The van der Waals surface area contributed by atoms with Crippen LogP contribution in [0.1, 0.15) is 54.8 Å². The van der Waals surface area contributed by atoms with Gasteiger partial charge >= 0.3 is 0 Å². The van der Waals surface area contributed by atoms with Gasteiger partial charge in [0.05, 0.1) is 4.92 Å². The van der Waals surface area contributed by atoms with Gasteiger partial charge in [0.1, 0.15) is 18.1 Å². The number of nitro groups is 1. The largest absolute Gasteiger partial charge is 0.486 e. The van der Waals surface area contributed by atoms with E-state index in [1.807, 2.05) is 4.90 Å². The Hall–Kier alpha value is -2.87. The van der Waals surface area contributed by atoms with Crippen LogP contribution in [0.3, 0.4) is 0 Å². The van der Waals surface area contributed by atoms with Crippen molar-refractivity contribution in [3.63, 3.8) is 0 Å². The number of hydrogen-bond acceptors (Lipinski definition) is 6. The zero-order valence-corrected chi connectivity index (χ0v) is 19.4. The number of hydrogen-bond donors (Lipinski definition) is 0. The number of amides is 1. The van der Waals surface area contributed by atoms with Crippen molar-refractivity contribution in [2.45, 2.75) is 50.7 Å². The number of benzene rings is 1. The Kier molecular flexibility index (Phi) is 5.36. The second-order valence-electron chi connectivity index (χ2n) is 10.7. The minimum Gasteiger partial charge on any atom is -0.486 e. The van der Waals surface area contributed by atoms with E-state index in [1.165, 1.54) is 50.7 Å². The summed E-state index contributed by atoms with van der Waals surface area (Å²) in [6.07, 6.45) is 8.45. The van der Waals surface area contributed by atoms with E-state index >= 15 is 0 Å². The molecule has 1 aromatic carbocycles. The van der Waals surface area contributed by atoms with Crippen molar-refractivity contribution >= 4 is 11.6 Å². The molecule has 0 radical (unpaired) electrons. The van der Waals surface area contributed by atoms with Gasteiger partial charge in [0.15, 0.2) is 5.76 Å². The highest BCUT2D eigenvalue weighted by molar-refractivity contribution is 5.91. The van der Waals surface area contributed by atoms with Crippen LogP contribution >= 0.6 is 0 Å². The van der Waals surface area contributed by atoms with Crippen molar-refractivity contribution in [2.75, 3.05) is 26.2 Å². The van der Waals surface area contributed by atoms with Crippen LogP contribution in [0.5, 0.6) is 5.75 Å². The molecule has 1 saturated heterocycles. The Morgan fingerprint density at radius 2 is 1.59 bits per heavy atom. The molecule has 0 N–H and O–H groups in total. The molecule has 4 aliphatic carbocycles. The molecule has 5 aliphatic rings. The van der Waals surface area contributed by atoms with E-state index in [9.17, 15) is 14.9 Å². The quantitative estimate of drug-likeness (QED) is 0.461. The number of nitro benzene ring substituents is 1. The monoisotopic (exact) mass is 465 g/mol. The number of piperazine rings is 1. The summed E-state index contributed by atoms with van der Waals surface area (Å²) in [5.74, 6) is 4.13. The van der Waals surface area contributed by atoms with Crippen molar-refractivity contribution in [1.29, 1.82) is 0 Å². The topological polar surface area (TPSA) is 89.1 Å². The van der Waals surface area contributed by atoms with Gasteiger partial charge in [-0.3, -0.25) is 19.8 Å². The first kappa shape index (κ1) is 21.6. The van der Waals surface area contributed by atoms with Gasteiger partial charge in [0.2, 0.25) is 0 Å². The molecule has 1 aliphatic heterocycles. The molecule has 0 unspecified atom stereocenters. The number of carbonyl (C=O) groups is 1. The van der Waals surface area contributed by atoms with Crippen LogP contribution in [0.25, 0.3) is 0 Å². The molecule has 2 aromatic rings. The van der Waals surface area contributed by atoms with Gasteiger partial charge in [-0.15, -0.1) is 0 Å². The zero-order chi connectivity index (χ0) is 23.3. The van der Waals surface area contributed by atoms with Crippen molar-refractivity contribution in [3.8, 4) is 5.75 Å². The summed E-state index contributed by atoms with van der Waals surface area (Å²) in [4.78, 5) is 28.0. The summed E-state index contributed by atoms with van der Waals surface area (Å²) in [6.45, 7) is 3.56. The van der Waals surface area contributed by atoms with E-state index in [0.29, 0.717) is 22.8 Å². The molecule has 34 heavy (non-hydrogen) atoms. The fourth-order valence-corrected chi connectivity index (χ4v) is 7.38. The summed E-state index contributed by atoms with van der Waals surface area (Å²) in [7, 11) is 0. The number of nitrogens with zero attached hydrogens (tertiary/aromatic N) is 3. The molecule has 8 heteroatoms. The lowest BCUT2D eigenvalue weighted by Gasteiger charge is -2.61. The average molecular weight is 466 g/mol. The van der Waals surface area contributed by atoms with Gasteiger partial charge in [0.25, 0.3) is 11.6 Å². The molecular formula is C26H31N3O5. The maximum absolute atomic E-state index is 13.1. The van der Waals surface area contributed by atoms with Crippen molar-refractivity contribution in [3.05, 3.63) is 58.0 Å². The summed E-state index contributed by atoms with van der Waals surface area (Å²) in [5, 5.41) is 10.8. The van der Waals surface area contributed by atoms with Crippen LogP contribution in [-0.4, -0.2) is 52.3 Å². The van der Waals surface area contributed by atoms with E-state index in [4.69, 9.17) is 9.15 Å². The number of ether oxygens (including phenoxy) is 1. The maximum Gasteiger partial charge on any atom is 0.289 e. The highest BCUT2D eigenvalue weighted by Crippen LogP contribution is 2.57. The van der Waals surface area contributed by atoms with Gasteiger partial charge in [-0.1, -0.05) is 0 Å². The van der Waals surface area contributed by atoms with Gasteiger partial charge < -0.3 is 14.1 Å². The first-order chi connectivity index (χ1) is 16.5. The zero-order valence-electron chi connectivity index (χ0n) is 19.4. The summed E-state index contributed by atoms with van der Waals surface area (Å²) < 4.78 is 11.4. The Balaban J connectivity index is 1.03. The molecule has 1 aromatic heterocycles. The van der Waals surface area contributed by atoms with Crippen LogP contribution in [-0.2, 0) is 6.61 Å². The van der Waals surface area contributed by atoms with E-state index < -0.39 is 4.92 Å². The predicted molar refractivity (Wildman–Crippen MR) is 125 cm³/mol. The molecular weight excluding hydrogens is 434 g/mol. The molecule has 4 bridgehead atoms. The second-order valence-corrected chi connectivity index (χ2v) is 10.7. The van der Waals surface area contributed by atoms with Crippen LogP contribution in [0, 0.1) is 27.9 Å². The second kappa shape index (κ2) is 8.41. The van der Waals surface area contributed by atoms with E-state index in [2.05, 4.69) is 4.90 Å². The summed E-state index contributed by atoms with van der Waals surface area (Å²) in [5.41, 5.74) is 0.415. The molecule has 7 rings (SSSR count). The molecule has 5 fully saturated rings. The molecule has 2 heterocycles. The lowest BCUT2D eigenvalue weighted by atomic mass is 9.52. The highest BCUT2D eigenvalue weighted by Gasteiger charge is 2.53. The number of carbonyl (C=O) groups excluding carboxylic acids is 1. The molecule has 0 spiro atoms. The fourth-order valence-electron chi connectivity index (χ4n) is 7.38. The van der Waals surface area contributed by atoms with Gasteiger partial charge in [-0.25, -0.2) is 0 Å². The lowest BCUT2D eigenvalue weighted by molar-refractivity contribution is -0.384. The van der Waals surface area contributed by atoms with E-state index in [1.54, 1.807) is 24.3 Å². The summed E-state index contributed by atoms with van der Waals surface area (Å²) >= 11 is 0. The van der Waals surface area contributed by atoms with Crippen molar-refractivity contribution in [2.24, 2.45) is 17.8 Å². The smallest absolute Gasteiger partial charge is 0.289 e. The average Bonchev–Trinajstić information content (AvgIpc) is 3.31. The Morgan fingerprint density at radius 3 is 2.18 bits per heavy atom. The highest BCUT2D eigenvalue weighted by atomic mass is 16.6. The first-order valence-corrected chi connectivity index (χ1v) is 12.5. The third kappa shape index (κ3) is 3.98. The van der Waals surface area contributed by atoms with Crippen LogP contribution in [0.2, 0.25) is 0 Å². The summed E-state index contributed by atoms with van der Waals surface area (Å²) in [6, 6.07) is 9.37. The first-order valence-electron chi connectivity index (χ1n) is 12.5. The number of rotatable bonds is 6. The van der Waals surface area contributed by atoms with Gasteiger partial charge in [-0.05, 0) is 80.5 Å². The normalized spacial score (nSPS) is 30.5. The molecule has 180 valence electrons.